The monoisotopic (exact) mass is 302 g/mol. The van der Waals surface area contributed by atoms with Crippen molar-refractivity contribution in [3.05, 3.63) is 29.8 Å². The highest BCUT2D eigenvalue weighted by atomic mass is 19.4. The Hall–Kier alpha value is -1.76. The molecule has 1 saturated heterocycles. The fourth-order valence-corrected chi connectivity index (χ4v) is 2.29. The zero-order valence-corrected chi connectivity index (χ0v) is 11.4. The molecule has 4 nitrogen and oxygen atoms in total. The molecule has 0 aromatic heterocycles. The van der Waals surface area contributed by atoms with Crippen LogP contribution in [0.2, 0.25) is 0 Å². The maximum Gasteiger partial charge on any atom is 0.573 e. The molecule has 0 spiro atoms. The molecule has 0 radical (unpaired) electrons. The fourth-order valence-electron chi connectivity index (χ4n) is 2.29. The molecule has 7 heteroatoms. The number of hydrogen-bond donors (Lipinski definition) is 2. The molecule has 1 atom stereocenters. The van der Waals surface area contributed by atoms with Gasteiger partial charge in [0.05, 0.1) is 6.04 Å². The van der Waals surface area contributed by atoms with Gasteiger partial charge in [-0.3, -0.25) is 4.79 Å². The van der Waals surface area contributed by atoms with Crippen LogP contribution in [-0.2, 0) is 11.2 Å². The standard InChI is InChI=1S/C14H17F3N2O2/c15-14(16,17)21-12-6-2-1-4-10(12)7-9-19-13(20)11-5-3-8-18-11/h1-2,4,6,11,18H,3,5,7-9H2,(H,19,20). The lowest BCUT2D eigenvalue weighted by Gasteiger charge is -2.14. The minimum atomic E-state index is -4.72. The third-order valence-corrected chi connectivity index (χ3v) is 3.27. The molecule has 1 aliphatic heterocycles. The molecule has 116 valence electrons. The summed E-state index contributed by atoms with van der Waals surface area (Å²) in [5.74, 6) is -0.333. The van der Waals surface area contributed by atoms with Crippen LogP contribution in [0.15, 0.2) is 24.3 Å². The van der Waals surface area contributed by atoms with Crippen LogP contribution in [0.3, 0.4) is 0 Å². The third-order valence-electron chi connectivity index (χ3n) is 3.27. The minimum Gasteiger partial charge on any atom is -0.406 e. The number of nitrogens with one attached hydrogen (secondary N) is 2. The number of carbonyl (C=O) groups is 1. The first-order valence-electron chi connectivity index (χ1n) is 6.80. The lowest BCUT2D eigenvalue weighted by Crippen LogP contribution is -2.41. The van der Waals surface area contributed by atoms with E-state index in [4.69, 9.17) is 0 Å². The number of hydrogen-bond acceptors (Lipinski definition) is 3. The van der Waals surface area contributed by atoms with Gasteiger partial charge in [-0.15, -0.1) is 13.2 Å². The molecular weight excluding hydrogens is 285 g/mol. The van der Waals surface area contributed by atoms with Crippen molar-refractivity contribution in [3.8, 4) is 5.75 Å². The minimum absolute atomic E-state index is 0.110. The Morgan fingerprint density at radius 1 is 1.38 bits per heavy atom. The van der Waals surface area contributed by atoms with Gasteiger partial charge in [0.2, 0.25) is 5.91 Å². The highest BCUT2D eigenvalue weighted by Gasteiger charge is 2.31. The maximum absolute atomic E-state index is 12.3. The van der Waals surface area contributed by atoms with Gasteiger partial charge in [0, 0.05) is 6.54 Å². The molecule has 1 aliphatic rings. The molecule has 1 aromatic carbocycles. The fraction of sp³-hybridized carbons (Fsp3) is 0.500. The van der Waals surface area contributed by atoms with Crippen LogP contribution in [0, 0.1) is 0 Å². The van der Waals surface area contributed by atoms with Crippen molar-refractivity contribution in [3.63, 3.8) is 0 Å². The Labute approximate surface area is 120 Å². The summed E-state index contributed by atoms with van der Waals surface area (Å²) < 4.78 is 40.8. The summed E-state index contributed by atoms with van der Waals surface area (Å²) in [6, 6.07) is 5.75. The van der Waals surface area contributed by atoms with E-state index < -0.39 is 6.36 Å². The number of ether oxygens (including phenoxy) is 1. The second kappa shape index (κ2) is 6.80. The van der Waals surface area contributed by atoms with E-state index in [1.54, 1.807) is 12.1 Å². The second-order valence-corrected chi connectivity index (χ2v) is 4.85. The predicted octanol–water partition coefficient (Wildman–Crippen LogP) is 2.00. The van der Waals surface area contributed by atoms with Crippen LogP contribution in [0.25, 0.3) is 0 Å². The van der Waals surface area contributed by atoms with Crippen LogP contribution >= 0.6 is 0 Å². The first-order valence-corrected chi connectivity index (χ1v) is 6.80. The summed E-state index contributed by atoms with van der Waals surface area (Å²) in [4.78, 5) is 11.8. The third kappa shape index (κ3) is 4.93. The van der Waals surface area contributed by atoms with Crippen molar-refractivity contribution in [2.45, 2.75) is 31.7 Å². The van der Waals surface area contributed by atoms with E-state index in [2.05, 4.69) is 15.4 Å². The first-order chi connectivity index (χ1) is 9.96. The van der Waals surface area contributed by atoms with Gasteiger partial charge in [-0.2, -0.15) is 0 Å². The molecule has 2 rings (SSSR count). The summed E-state index contributed by atoms with van der Waals surface area (Å²) in [5, 5.41) is 5.79. The Morgan fingerprint density at radius 2 is 2.14 bits per heavy atom. The van der Waals surface area contributed by atoms with Crippen molar-refractivity contribution in [1.82, 2.24) is 10.6 Å². The van der Waals surface area contributed by atoms with Crippen LogP contribution in [0.1, 0.15) is 18.4 Å². The quantitative estimate of drug-likeness (QED) is 0.874. The van der Waals surface area contributed by atoms with Gasteiger partial charge in [-0.25, -0.2) is 0 Å². The van der Waals surface area contributed by atoms with Gasteiger partial charge in [0.1, 0.15) is 5.75 Å². The Balaban J connectivity index is 1.86. The van der Waals surface area contributed by atoms with Gasteiger partial charge in [-0.1, -0.05) is 18.2 Å². The van der Waals surface area contributed by atoms with Crippen LogP contribution in [-0.4, -0.2) is 31.4 Å². The molecule has 1 fully saturated rings. The SMILES string of the molecule is O=C(NCCc1ccccc1OC(F)(F)F)C1CCCN1. The normalized spacial score (nSPS) is 18.5. The second-order valence-electron chi connectivity index (χ2n) is 4.85. The number of alkyl halides is 3. The molecular formula is C14H17F3N2O2. The van der Waals surface area contributed by atoms with E-state index in [0.717, 1.165) is 19.4 Å². The highest BCUT2D eigenvalue weighted by molar-refractivity contribution is 5.81. The number of benzene rings is 1. The number of para-hydroxylation sites is 1. The van der Waals surface area contributed by atoms with Crippen molar-refractivity contribution in [2.75, 3.05) is 13.1 Å². The molecule has 2 N–H and O–H groups in total. The van der Waals surface area contributed by atoms with E-state index >= 15 is 0 Å². The van der Waals surface area contributed by atoms with Crippen LogP contribution < -0.4 is 15.4 Å². The summed E-state index contributed by atoms with van der Waals surface area (Å²) in [6.07, 6.45) is -2.68. The average molecular weight is 302 g/mol. The summed E-state index contributed by atoms with van der Waals surface area (Å²) in [7, 11) is 0. The Bertz CT molecular complexity index is 485. The molecule has 1 heterocycles. The molecule has 1 aromatic rings. The first kappa shape index (κ1) is 15.6. The smallest absolute Gasteiger partial charge is 0.406 e. The van der Waals surface area contributed by atoms with E-state index in [0.29, 0.717) is 5.56 Å². The molecule has 0 saturated carbocycles. The summed E-state index contributed by atoms with van der Waals surface area (Å²) >= 11 is 0. The zero-order valence-electron chi connectivity index (χ0n) is 11.4. The molecule has 1 amide bonds. The number of rotatable bonds is 5. The zero-order chi connectivity index (χ0) is 15.3. The van der Waals surface area contributed by atoms with E-state index in [9.17, 15) is 18.0 Å². The number of amides is 1. The van der Waals surface area contributed by atoms with Crippen molar-refractivity contribution >= 4 is 5.91 Å². The van der Waals surface area contributed by atoms with Gasteiger partial charge < -0.3 is 15.4 Å². The average Bonchev–Trinajstić information content (AvgIpc) is 2.93. The molecule has 1 unspecified atom stereocenters. The van der Waals surface area contributed by atoms with Gasteiger partial charge >= 0.3 is 6.36 Å². The number of halogens is 3. The van der Waals surface area contributed by atoms with Crippen LogP contribution in [0.4, 0.5) is 13.2 Å². The lowest BCUT2D eigenvalue weighted by molar-refractivity contribution is -0.274. The lowest BCUT2D eigenvalue weighted by atomic mass is 10.1. The highest BCUT2D eigenvalue weighted by Crippen LogP contribution is 2.26. The van der Waals surface area contributed by atoms with Gasteiger partial charge in [-0.05, 0) is 37.4 Å². The Kier molecular flexibility index (Phi) is 5.06. The molecule has 0 aliphatic carbocycles. The maximum atomic E-state index is 12.3. The number of carbonyl (C=O) groups excluding carboxylic acids is 1. The van der Waals surface area contributed by atoms with Gasteiger partial charge in [0.15, 0.2) is 0 Å². The van der Waals surface area contributed by atoms with Crippen molar-refractivity contribution in [1.29, 1.82) is 0 Å². The van der Waals surface area contributed by atoms with Crippen LogP contribution in [0.5, 0.6) is 5.75 Å². The topological polar surface area (TPSA) is 50.4 Å². The predicted molar refractivity (Wildman–Crippen MR) is 70.9 cm³/mol. The van der Waals surface area contributed by atoms with E-state index in [1.807, 2.05) is 0 Å². The summed E-state index contributed by atoms with van der Waals surface area (Å²) in [6.45, 7) is 1.09. The van der Waals surface area contributed by atoms with Crippen molar-refractivity contribution < 1.29 is 22.7 Å². The molecule has 0 bridgehead atoms. The summed E-state index contributed by atoms with van der Waals surface area (Å²) in [5.41, 5.74) is 0.412. The van der Waals surface area contributed by atoms with E-state index in [-0.39, 0.29) is 30.7 Å². The van der Waals surface area contributed by atoms with E-state index in [1.165, 1.54) is 12.1 Å². The Morgan fingerprint density at radius 3 is 2.81 bits per heavy atom. The van der Waals surface area contributed by atoms with Gasteiger partial charge in [0.25, 0.3) is 0 Å². The van der Waals surface area contributed by atoms with Crippen molar-refractivity contribution in [2.24, 2.45) is 0 Å². The largest absolute Gasteiger partial charge is 0.573 e. The molecule has 21 heavy (non-hydrogen) atoms.